The Morgan fingerprint density at radius 3 is 2.75 bits per heavy atom. The topological polar surface area (TPSA) is 65.0 Å². The minimum atomic E-state index is -0.468. The van der Waals surface area contributed by atoms with Crippen molar-refractivity contribution in [2.45, 2.75) is 20.4 Å². The Morgan fingerprint density at radius 2 is 2.07 bits per heavy atom. The van der Waals surface area contributed by atoms with E-state index in [0.29, 0.717) is 23.5 Å². The molecule has 0 aliphatic carbocycles. The van der Waals surface area contributed by atoms with E-state index in [4.69, 9.17) is 4.42 Å². The van der Waals surface area contributed by atoms with Gasteiger partial charge in [-0.3, -0.25) is 4.79 Å². The van der Waals surface area contributed by atoms with E-state index in [1.807, 2.05) is 36.6 Å². The third-order valence-corrected chi connectivity index (χ3v) is 4.67. The van der Waals surface area contributed by atoms with E-state index in [9.17, 15) is 9.18 Å². The number of carbonyl (C=O) groups is 1. The van der Waals surface area contributed by atoms with Gasteiger partial charge in [0, 0.05) is 29.5 Å². The van der Waals surface area contributed by atoms with Gasteiger partial charge in [-0.15, -0.1) is 0 Å². The Bertz CT molecular complexity index is 1110. The zero-order valence-electron chi connectivity index (χ0n) is 15.5. The Labute approximate surface area is 161 Å². The highest BCUT2D eigenvalue weighted by Crippen LogP contribution is 2.21. The minimum absolute atomic E-state index is 0.287. The number of furan rings is 1. The zero-order valence-corrected chi connectivity index (χ0v) is 15.5. The smallest absolute Gasteiger partial charge is 0.257 e. The molecule has 0 saturated carbocycles. The summed E-state index contributed by atoms with van der Waals surface area (Å²) in [5, 5.41) is 6.79. The van der Waals surface area contributed by atoms with Crippen molar-refractivity contribution in [1.29, 1.82) is 0 Å². The van der Waals surface area contributed by atoms with Gasteiger partial charge in [-0.25, -0.2) is 9.07 Å². The number of halogens is 1. The molecule has 0 radical (unpaired) electrons. The lowest BCUT2D eigenvalue weighted by Gasteiger charge is -2.09. The number of aromatic nitrogens is 3. The van der Waals surface area contributed by atoms with E-state index in [0.717, 1.165) is 17.1 Å². The van der Waals surface area contributed by atoms with Gasteiger partial charge in [-0.1, -0.05) is 0 Å². The lowest BCUT2D eigenvalue weighted by Crippen LogP contribution is -2.14. The van der Waals surface area contributed by atoms with E-state index in [2.05, 4.69) is 10.4 Å². The van der Waals surface area contributed by atoms with E-state index in [-0.39, 0.29) is 5.91 Å². The van der Waals surface area contributed by atoms with Crippen molar-refractivity contribution in [2.75, 3.05) is 5.32 Å². The molecular weight excluding hydrogens is 359 g/mol. The summed E-state index contributed by atoms with van der Waals surface area (Å²) in [5.41, 5.74) is 3.01. The van der Waals surface area contributed by atoms with Gasteiger partial charge in [0.2, 0.25) is 0 Å². The summed E-state index contributed by atoms with van der Waals surface area (Å²) in [6, 6.07) is 11.8. The largest absolute Gasteiger partial charge is 0.467 e. The molecule has 3 heterocycles. The second-order valence-electron chi connectivity index (χ2n) is 6.52. The molecule has 0 bridgehead atoms. The van der Waals surface area contributed by atoms with Crippen LogP contribution in [0.5, 0.6) is 0 Å². The lowest BCUT2D eigenvalue weighted by atomic mass is 10.2. The first-order valence-electron chi connectivity index (χ1n) is 8.83. The molecule has 0 aliphatic rings. The zero-order chi connectivity index (χ0) is 19.7. The van der Waals surface area contributed by atoms with Crippen LogP contribution in [0.25, 0.3) is 5.69 Å². The molecule has 1 aromatic carbocycles. The van der Waals surface area contributed by atoms with E-state index in [1.165, 1.54) is 10.7 Å². The number of benzene rings is 1. The number of carbonyl (C=O) groups excluding carboxylic acids is 1. The predicted molar refractivity (Wildman–Crippen MR) is 103 cm³/mol. The Balaban J connectivity index is 1.55. The van der Waals surface area contributed by atoms with Crippen LogP contribution in [-0.2, 0) is 6.54 Å². The first-order chi connectivity index (χ1) is 13.5. The van der Waals surface area contributed by atoms with Crippen molar-refractivity contribution in [1.82, 2.24) is 14.3 Å². The maximum Gasteiger partial charge on any atom is 0.257 e. The van der Waals surface area contributed by atoms with Crippen molar-refractivity contribution >= 4 is 11.6 Å². The quantitative estimate of drug-likeness (QED) is 0.562. The van der Waals surface area contributed by atoms with Gasteiger partial charge < -0.3 is 14.3 Å². The van der Waals surface area contributed by atoms with Crippen LogP contribution in [0.3, 0.4) is 0 Å². The summed E-state index contributed by atoms with van der Waals surface area (Å²) < 4.78 is 23.2. The van der Waals surface area contributed by atoms with Crippen LogP contribution in [0.4, 0.5) is 10.1 Å². The van der Waals surface area contributed by atoms with Gasteiger partial charge in [0.25, 0.3) is 5.91 Å². The van der Waals surface area contributed by atoms with Crippen molar-refractivity contribution in [3.8, 4) is 5.69 Å². The molecule has 0 atom stereocenters. The second kappa shape index (κ2) is 7.19. The summed E-state index contributed by atoms with van der Waals surface area (Å²) in [5.74, 6) is 0.0554. The highest BCUT2D eigenvalue weighted by molar-refractivity contribution is 6.05. The number of hydrogen-bond donors (Lipinski definition) is 1. The summed E-state index contributed by atoms with van der Waals surface area (Å²) >= 11 is 0. The van der Waals surface area contributed by atoms with Crippen LogP contribution in [-0.4, -0.2) is 20.3 Å². The molecule has 0 fully saturated rings. The fourth-order valence-electron chi connectivity index (χ4n) is 3.21. The van der Waals surface area contributed by atoms with Crippen molar-refractivity contribution in [3.63, 3.8) is 0 Å². The van der Waals surface area contributed by atoms with Crippen LogP contribution >= 0.6 is 0 Å². The van der Waals surface area contributed by atoms with Gasteiger partial charge in [0.05, 0.1) is 18.4 Å². The van der Waals surface area contributed by atoms with Crippen LogP contribution in [0.2, 0.25) is 0 Å². The molecule has 0 unspecified atom stereocenters. The van der Waals surface area contributed by atoms with Crippen LogP contribution in [0.15, 0.2) is 65.5 Å². The third kappa shape index (κ3) is 3.34. The summed E-state index contributed by atoms with van der Waals surface area (Å²) in [6.07, 6.45) is 4.86. The molecule has 0 spiro atoms. The third-order valence-electron chi connectivity index (χ3n) is 4.67. The molecule has 1 N–H and O–H groups in total. The van der Waals surface area contributed by atoms with Crippen LogP contribution < -0.4 is 5.32 Å². The maximum atomic E-state index is 14.4. The van der Waals surface area contributed by atoms with Crippen LogP contribution in [0.1, 0.15) is 27.5 Å². The van der Waals surface area contributed by atoms with Gasteiger partial charge in [0.15, 0.2) is 5.82 Å². The first kappa shape index (κ1) is 17.8. The summed E-state index contributed by atoms with van der Waals surface area (Å²) in [4.78, 5) is 12.7. The Morgan fingerprint density at radius 1 is 1.21 bits per heavy atom. The molecule has 142 valence electrons. The number of rotatable bonds is 5. The monoisotopic (exact) mass is 378 g/mol. The number of amides is 1. The van der Waals surface area contributed by atoms with E-state index >= 15 is 0 Å². The molecule has 4 aromatic rings. The molecule has 28 heavy (non-hydrogen) atoms. The number of aryl methyl sites for hydroxylation is 1. The first-order valence-corrected chi connectivity index (χ1v) is 8.83. The lowest BCUT2D eigenvalue weighted by molar-refractivity contribution is 0.102. The SMILES string of the molecule is Cc1cc(C(=O)Nc2ccc(-n3cccn3)c(F)c2)c(C)n1Cc1ccco1. The molecule has 0 saturated heterocycles. The molecule has 6 nitrogen and oxygen atoms in total. The molecule has 3 aromatic heterocycles. The Kier molecular flexibility index (Phi) is 4.57. The molecule has 7 heteroatoms. The van der Waals surface area contributed by atoms with Gasteiger partial charge in [-0.05, 0) is 56.3 Å². The Hall–Kier alpha value is -3.61. The number of nitrogens with zero attached hydrogens (tertiary/aromatic N) is 3. The number of nitrogens with one attached hydrogen (secondary N) is 1. The van der Waals surface area contributed by atoms with Crippen molar-refractivity contribution in [3.05, 3.63) is 89.7 Å². The predicted octanol–water partition coefficient (Wildman–Crippen LogP) is 4.32. The average molecular weight is 378 g/mol. The minimum Gasteiger partial charge on any atom is -0.467 e. The molecule has 4 rings (SSSR count). The standard InChI is InChI=1S/C21H19FN4O2/c1-14-11-18(15(2)25(14)13-17-5-3-10-28-17)21(27)24-16-6-7-20(19(22)12-16)26-9-4-8-23-26/h3-12H,13H2,1-2H3,(H,24,27). The molecule has 1 amide bonds. The van der Waals surface area contributed by atoms with Crippen molar-refractivity contribution < 1.29 is 13.6 Å². The van der Waals surface area contributed by atoms with E-state index < -0.39 is 5.82 Å². The van der Waals surface area contributed by atoms with E-state index in [1.54, 1.807) is 36.9 Å². The fourth-order valence-corrected chi connectivity index (χ4v) is 3.21. The fraction of sp³-hybridized carbons (Fsp3) is 0.143. The van der Waals surface area contributed by atoms with Gasteiger partial charge >= 0.3 is 0 Å². The number of hydrogen-bond acceptors (Lipinski definition) is 3. The normalized spacial score (nSPS) is 11.0. The number of anilines is 1. The summed E-state index contributed by atoms with van der Waals surface area (Å²) in [6.45, 7) is 4.36. The second-order valence-corrected chi connectivity index (χ2v) is 6.52. The average Bonchev–Trinajstić information content (AvgIpc) is 3.41. The molecule has 0 aliphatic heterocycles. The van der Waals surface area contributed by atoms with Gasteiger partial charge in [0.1, 0.15) is 11.4 Å². The van der Waals surface area contributed by atoms with Gasteiger partial charge in [-0.2, -0.15) is 5.10 Å². The van der Waals surface area contributed by atoms with Crippen LogP contribution in [0, 0.1) is 19.7 Å². The van der Waals surface area contributed by atoms with Crippen molar-refractivity contribution in [2.24, 2.45) is 0 Å². The maximum absolute atomic E-state index is 14.4. The highest BCUT2D eigenvalue weighted by atomic mass is 19.1. The summed E-state index contributed by atoms with van der Waals surface area (Å²) in [7, 11) is 0. The highest BCUT2D eigenvalue weighted by Gasteiger charge is 2.17. The molecular formula is C21H19FN4O2.